The molecule has 0 aromatic heterocycles. The maximum atomic E-state index is 15.4. The number of ketones is 1. The molecule has 1 unspecified atom stereocenters. The summed E-state index contributed by atoms with van der Waals surface area (Å²) in [4.78, 5) is 24.4. The number of carbonyl (C=O) groups is 2. The van der Waals surface area contributed by atoms with Crippen molar-refractivity contribution in [2.75, 3.05) is 5.75 Å². The molecule has 0 heterocycles. The van der Waals surface area contributed by atoms with Crippen LogP contribution in [0.2, 0.25) is 0 Å². The first-order valence-corrected chi connectivity index (χ1v) is 21.6. The molecule has 0 radical (unpaired) electrons. The molecule has 74 heavy (non-hydrogen) atoms. The first-order chi connectivity index (χ1) is 34.7. The fraction of sp³-hybridized carbons (Fsp3) is 0.0417. The highest BCUT2D eigenvalue weighted by Crippen LogP contribution is 2.31. The average molecular weight is 1080 g/mol. The van der Waals surface area contributed by atoms with Crippen molar-refractivity contribution in [1.29, 1.82) is 0 Å². The molecule has 1 atom stereocenters. The summed E-state index contributed by atoms with van der Waals surface area (Å²) in [5.41, 5.74) is -13.2. The largest absolute Gasteiger partial charge is 0.427 e. The van der Waals surface area contributed by atoms with Crippen LogP contribution >= 0.6 is 0 Å². The van der Waals surface area contributed by atoms with Crippen LogP contribution in [0.25, 0.3) is 0 Å². The van der Waals surface area contributed by atoms with Gasteiger partial charge in [0.25, 0.3) is 0 Å². The molecule has 0 aliphatic carbocycles. The van der Waals surface area contributed by atoms with Gasteiger partial charge >= 0.3 is 5.97 Å². The van der Waals surface area contributed by atoms with Gasteiger partial charge in [-0.15, -0.1) is 21.9 Å². The Labute approximate surface area is 402 Å². The molecule has 4 nitrogen and oxygen atoms in total. The highest BCUT2D eigenvalue weighted by atomic mass is 32.2. The van der Waals surface area contributed by atoms with Gasteiger partial charge in [0.15, 0.2) is 85.7 Å². The minimum atomic E-state index is -7.22. The van der Waals surface area contributed by atoms with Gasteiger partial charge in [0, 0.05) is 18.1 Å². The number of Topliss-reactive ketones (excluding diaryl/α,β-unsaturated/α-hetero) is 1. The van der Waals surface area contributed by atoms with Crippen molar-refractivity contribution in [3.8, 4) is 16.9 Å². The van der Waals surface area contributed by atoms with Gasteiger partial charge in [-0.1, -0.05) is 40.6 Å². The zero-order valence-electron chi connectivity index (χ0n) is 36.0. The second-order valence-electron chi connectivity index (χ2n) is 15.1. The predicted molar refractivity (Wildman–Crippen MR) is 222 cm³/mol. The Morgan fingerprint density at radius 2 is 0.703 bits per heavy atom. The summed E-state index contributed by atoms with van der Waals surface area (Å²) < 4.78 is 313. The number of rotatable bonds is 9. The van der Waals surface area contributed by atoms with Gasteiger partial charge in [0.05, 0.1) is 0 Å². The molecule has 26 heteroatoms. The molecule has 0 bridgehead atoms. The number of hydrogen-bond acceptors (Lipinski definition) is 4. The number of carbonyl (C=O) groups excluding carboxylic acids is 2. The second-order valence-corrected chi connectivity index (χ2v) is 17.4. The molecule has 0 saturated heterocycles. The standard InChI is InChI=1S/C24BF20.C24H19O4S/c26-5-1(6(27)14(35)21(42)13(5)34)25(2-7(28)15(36)22(43)16(37)8(2)29,3-9(30)17(38)23(44)18(39)10(3)31)4-11(32)19(40)24(45)20(41)12(4)33;1-19(25)28-22-14-12-21(13-15-22)24(26)18-29(27,23-10-6-3-7-11-23)17-16-20-8-4-2-5-9-20/h;2-15H,18H2,1H3/q-1;+1. The third-order valence-electron chi connectivity index (χ3n) is 10.7. The molecule has 0 spiro atoms. The van der Waals surface area contributed by atoms with Crippen molar-refractivity contribution >= 4 is 49.7 Å². The molecular weight excluding hydrogens is 1060 g/mol. The summed E-state index contributed by atoms with van der Waals surface area (Å²) in [7, 11) is -2.94. The highest BCUT2D eigenvalue weighted by molar-refractivity contribution is 8.07. The van der Waals surface area contributed by atoms with Crippen LogP contribution in [0.1, 0.15) is 22.8 Å². The number of halogens is 20. The molecule has 0 N–H and O–H groups in total. The smallest absolute Gasteiger partial charge is 0.308 e. The van der Waals surface area contributed by atoms with Gasteiger partial charge in [0.2, 0.25) is 15.7 Å². The number of benzene rings is 7. The molecule has 7 aromatic rings. The average Bonchev–Trinajstić information content (AvgIpc) is 3.38. The van der Waals surface area contributed by atoms with Crippen LogP contribution in [-0.2, 0) is 18.9 Å². The molecule has 0 fully saturated rings. The monoisotopic (exact) mass is 1080 g/mol. The van der Waals surface area contributed by atoms with E-state index in [1.54, 1.807) is 36.4 Å². The first kappa shape index (κ1) is 55.4. The van der Waals surface area contributed by atoms with Crippen LogP contribution in [0.3, 0.4) is 0 Å². The van der Waals surface area contributed by atoms with E-state index in [0.29, 0.717) is 16.2 Å². The first-order valence-electron chi connectivity index (χ1n) is 19.9. The number of esters is 1. The molecule has 384 valence electrons. The van der Waals surface area contributed by atoms with Gasteiger partial charge in [-0.3, -0.25) is 9.59 Å². The van der Waals surface area contributed by atoms with Gasteiger partial charge < -0.3 is 4.74 Å². The fourth-order valence-corrected chi connectivity index (χ4v) is 9.27. The van der Waals surface area contributed by atoms with Gasteiger partial charge in [-0.25, -0.2) is 87.8 Å². The van der Waals surface area contributed by atoms with Crippen LogP contribution < -0.4 is 26.6 Å². The van der Waals surface area contributed by atoms with Crippen LogP contribution in [0, 0.1) is 128 Å². The SMILES string of the molecule is CC(=O)Oc1ccc(C(=O)C[S+](=O)(C#Cc2ccccc2)c2ccccc2)cc1.Fc1c(F)c(F)c([B-](c2c(F)c(F)c(F)c(F)c2F)(c2c(F)c(F)c(F)c(F)c2F)c2c(F)c(F)c(F)c(F)c2F)c(F)c1F. The lowest BCUT2D eigenvalue weighted by Crippen LogP contribution is -2.81. The molecule has 0 amide bonds. The highest BCUT2D eigenvalue weighted by Gasteiger charge is 2.52. The van der Waals surface area contributed by atoms with E-state index in [1.807, 2.05) is 36.4 Å². The van der Waals surface area contributed by atoms with E-state index in [9.17, 15) is 66.5 Å². The quantitative estimate of drug-likeness (QED) is 0.0166. The third kappa shape index (κ3) is 9.58. The van der Waals surface area contributed by atoms with Crippen LogP contribution in [0.15, 0.2) is 89.8 Å². The maximum Gasteiger partial charge on any atom is 0.308 e. The topological polar surface area (TPSA) is 60.4 Å². The maximum absolute atomic E-state index is 15.4. The summed E-state index contributed by atoms with van der Waals surface area (Å²) in [6.07, 6.45) is -7.22. The number of ether oxygens (including phenoxy) is 1. The zero-order valence-corrected chi connectivity index (χ0v) is 36.8. The van der Waals surface area contributed by atoms with E-state index in [-0.39, 0.29) is 11.5 Å². The van der Waals surface area contributed by atoms with Crippen LogP contribution in [0.4, 0.5) is 87.8 Å². The lowest BCUT2D eigenvalue weighted by Gasteiger charge is -2.44. The third-order valence-corrected chi connectivity index (χ3v) is 12.9. The van der Waals surface area contributed by atoms with E-state index in [2.05, 4.69) is 11.2 Å². The Balaban J connectivity index is 0.000000265. The van der Waals surface area contributed by atoms with Crippen LogP contribution in [0.5, 0.6) is 5.75 Å². The Morgan fingerprint density at radius 1 is 0.419 bits per heavy atom. The Hall–Kier alpha value is -7.95. The van der Waals surface area contributed by atoms with Crippen molar-refractivity contribution in [2.24, 2.45) is 0 Å². The van der Waals surface area contributed by atoms with E-state index in [1.165, 1.54) is 19.1 Å². The molecule has 7 aromatic carbocycles. The zero-order chi connectivity index (χ0) is 55.0. The van der Waals surface area contributed by atoms with E-state index in [0.717, 1.165) is 5.56 Å². The minimum absolute atomic E-state index is 0.232. The molecule has 0 saturated carbocycles. The summed E-state index contributed by atoms with van der Waals surface area (Å²) in [5.74, 6) is -69.1. The Kier molecular flexibility index (Phi) is 15.9. The lowest BCUT2D eigenvalue weighted by molar-refractivity contribution is -0.131. The normalized spacial score (nSPS) is 12.1. The van der Waals surface area contributed by atoms with Crippen molar-refractivity contribution in [1.82, 2.24) is 0 Å². The molecular formula is C48H19BF20O4S. The Bertz CT molecular complexity index is 3150. The second kappa shape index (κ2) is 21.3. The predicted octanol–water partition coefficient (Wildman–Crippen LogP) is 10.2. The van der Waals surface area contributed by atoms with Crippen LogP contribution in [-0.4, -0.2) is 23.7 Å². The minimum Gasteiger partial charge on any atom is -0.427 e. The molecule has 0 aliphatic rings. The van der Waals surface area contributed by atoms with E-state index in [4.69, 9.17) is 4.74 Å². The van der Waals surface area contributed by atoms with Crippen molar-refractivity contribution in [3.05, 3.63) is 212 Å². The number of hydrogen-bond donors (Lipinski definition) is 0. The molecule has 7 rings (SSSR count). The summed E-state index contributed by atoms with van der Waals surface area (Å²) in [6, 6.07) is 24.2. The van der Waals surface area contributed by atoms with Crippen molar-refractivity contribution in [2.45, 2.75) is 11.8 Å². The summed E-state index contributed by atoms with van der Waals surface area (Å²) in [6.45, 7) is 1.31. The lowest BCUT2D eigenvalue weighted by atomic mass is 9.12. The Morgan fingerprint density at radius 3 is 1.00 bits per heavy atom. The summed E-state index contributed by atoms with van der Waals surface area (Å²) >= 11 is 0. The van der Waals surface area contributed by atoms with E-state index >= 15 is 35.1 Å². The van der Waals surface area contributed by atoms with Crippen molar-refractivity contribution < 1.29 is 106 Å². The fourth-order valence-electron chi connectivity index (χ4n) is 7.50. The van der Waals surface area contributed by atoms with Gasteiger partial charge in [-0.2, -0.15) is 0 Å². The van der Waals surface area contributed by atoms with E-state index < -0.39 is 160 Å². The van der Waals surface area contributed by atoms with Gasteiger partial charge in [0.1, 0.15) is 58.4 Å². The van der Waals surface area contributed by atoms with Gasteiger partial charge in [-0.05, 0) is 54.5 Å². The summed E-state index contributed by atoms with van der Waals surface area (Å²) in [5, 5.41) is 2.85. The molecule has 0 aliphatic heterocycles. The van der Waals surface area contributed by atoms with Crippen molar-refractivity contribution in [3.63, 3.8) is 0 Å².